The number of rotatable bonds is 7. The van der Waals surface area contributed by atoms with Crippen molar-refractivity contribution in [2.45, 2.75) is 33.2 Å². The highest BCUT2D eigenvalue weighted by Crippen LogP contribution is 2.10. The third kappa shape index (κ3) is 3.55. The molecule has 1 unspecified atom stereocenters. The molecule has 1 aromatic heterocycles. The number of aryl methyl sites for hydroxylation is 1. The summed E-state index contributed by atoms with van der Waals surface area (Å²) in [6.45, 7) is 7.00. The molecule has 0 fully saturated rings. The Kier molecular flexibility index (Phi) is 5.18. The average Bonchev–Trinajstić information content (AvgIpc) is 2.71. The number of nitrogens with one attached hydrogen (secondary N) is 1. The van der Waals surface area contributed by atoms with Crippen LogP contribution in [0.3, 0.4) is 0 Å². The zero-order chi connectivity index (χ0) is 11.1. The smallest absolute Gasteiger partial charge is 0.202 e. The van der Waals surface area contributed by atoms with Gasteiger partial charge in [0.25, 0.3) is 0 Å². The van der Waals surface area contributed by atoms with Gasteiger partial charge in [0.15, 0.2) is 0 Å². The number of imidazole rings is 1. The fraction of sp³-hybridized carbons (Fsp3) is 0.727. The van der Waals surface area contributed by atoms with Gasteiger partial charge in [-0.1, -0.05) is 13.3 Å². The maximum atomic E-state index is 5.56. The lowest BCUT2D eigenvalue weighted by Crippen LogP contribution is -2.19. The largest absolute Gasteiger partial charge is 0.355 e. The first kappa shape index (κ1) is 12.0. The van der Waals surface area contributed by atoms with E-state index in [1.165, 1.54) is 0 Å². The molecule has 0 spiro atoms. The van der Waals surface area contributed by atoms with Crippen LogP contribution in [-0.4, -0.2) is 22.6 Å². The van der Waals surface area contributed by atoms with E-state index >= 15 is 0 Å². The Balaban J connectivity index is 2.41. The van der Waals surface area contributed by atoms with Crippen molar-refractivity contribution in [3.8, 4) is 0 Å². The van der Waals surface area contributed by atoms with E-state index in [2.05, 4.69) is 28.7 Å². The van der Waals surface area contributed by atoms with Crippen LogP contribution in [-0.2, 0) is 6.54 Å². The zero-order valence-corrected chi connectivity index (χ0v) is 9.74. The standard InChI is InChI=1S/C11H22N4/c1-3-10(5-6-12)9-14-11-13-7-8-15(11)4-2/h7-8,10H,3-6,9,12H2,1-2H3,(H,13,14). The summed E-state index contributed by atoms with van der Waals surface area (Å²) < 4.78 is 2.11. The highest BCUT2D eigenvalue weighted by Gasteiger charge is 2.06. The van der Waals surface area contributed by atoms with E-state index in [0.29, 0.717) is 5.92 Å². The van der Waals surface area contributed by atoms with Crippen molar-refractivity contribution in [2.75, 3.05) is 18.4 Å². The molecule has 0 aliphatic carbocycles. The molecule has 1 rings (SSSR count). The Morgan fingerprint density at radius 3 is 2.93 bits per heavy atom. The van der Waals surface area contributed by atoms with Crippen molar-refractivity contribution in [1.29, 1.82) is 0 Å². The van der Waals surface area contributed by atoms with Crippen molar-refractivity contribution in [3.63, 3.8) is 0 Å². The molecule has 86 valence electrons. The van der Waals surface area contributed by atoms with Gasteiger partial charge in [-0.25, -0.2) is 4.98 Å². The summed E-state index contributed by atoms with van der Waals surface area (Å²) in [6.07, 6.45) is 6.06. The van der Waals surface area contributed by atoms with Gasteiger partial charge in [-0.3, -0.25) is 0 Å². The molecule has 0 aliphatic heterocycles. The third-order valence-electron chi connectivity index (χ3n) is 2.76. The second-order valence-corrected chi connectivity index (χ2v) is 3.77. The van der Waals surface area contributed by atoms with Gasteiger partial charge in [-0.15, -0.1) is 0 Å². The summed E-state index contributed by atoms with van der Waals surface area (Å²) in [6, 6.07) is 0. The molecule has 4 heteroatoms. The fourth-order valence-corrected chi connectivity index (χ4v) is 1.65. The summed E-state index contributed by atoms with van der Waals surface area (Å²) in [5, 5.41) is 3.38. The Morgan fingerprint density at radius 2 is 2.33 bits per heavy atom. The molecule has 0 radical (unpaired) electrons. The third-order valence-corrected chi connectivity index (χ3v) is 2.76. The van der Waals surface area contributed by atoms with Gasteiger partial charge in [0.2, 0.25) is 5.95 Å². The quantitative estimate of drug-likeness (QED) is 0.720. The normalized spacial score (nSPS) is 12.7. The molecular formula is C11H22N4. The number of hydrogen-bond donors (Lipinski definition) is 2. The molecule has 0 saturated heterocycles. The van der Waals surface area contributed by atoms with Gasteiger partial charge in [0.1, 0.15) is 0 Å². The van der Waals surface area contributed by atoms with Crippen LogP contribution in [0.2, 0.25) is 0 Å². The molecule has 0 aliphatic rings. The van der Waals surface area contributed by atoms with Gasteiger partial charge in [0, 0.05) is 25.5 Å². The zero-order valence-electron chi connectivity index (χ0n) is 9.74. The fourth-order valence-electron chi connectivity index (χ4n) is 1.65. The first-order valence-electron chi connectivity index (χ1n) is 5.76. The Bertz CT molecular complexity index is 269. The molecule has 0 bridgehead atoms. The molecule has 3 N–H and O–H groups in total. The van der Waals surface area contributed by atoms with Gasteiger partial charge in [-0.2, -0.15) is 0 Å². The number of hydrogen-bond acceptors (Lipinski definition) is 3. The summed E-state index contributed by atoms with van der Waals surface area (Å²) in [7, 11) is 0. The van der Waals surface area contributed by atoms with Gasteiger partial charge in [0.05, 0.1) is 0 Å². The monoisotopic (exact) mass is 210 g/mol. The van der Waals surface area contributed by atoms with E-state index in [4.69, 9.17) is 5.73 Å². The predicted octanol–water partition coefficient (Wildman–Crippen LogP) is 1.69. The van der Waals surface area contributed by atoms with Crippen LogP contribution >= 0.6 is 0 Å². The van der Waals surface area contributed by atoms with Crippen molar-refractivity contribution < 1.29 is 0 Å². The van der Waals surface area contributed by atoms with Crippen LogP contribution in [0.25, 0.3) is 0 Å². The first-order chi connectivity index (χ1) is 7.31. The van der Waals surface area contributed by atoms with E-state index in [-0.39, 0.29) is 0 Å². The molecule has 1 aromatic rings. The molecule has 4 nitrogen and oxygen atoms in total. The van der Waals surface area contributed by atoms with Gasteiger partial charge < -0.3 is 15.6 Å². The van der Waals surface area contributed by atoms with Crippen LogP contribution in [0.1, 0.15) is 26.7 Å². The van der Waals surface area contributed by atoms with E-state index in [1.807, 2.05) is 12.4 Å². The number of anilines is 1. The SMILES string of the molecule is CCC(CCN)CNc1nccn1CC. The highest BCUT2D eigenvalue weighted by atomic mass is 15.2. The van der Waals surface area contributed by atoms with Crippen LogP contribution in [0.5, 0.6) is 0 Å². The van der Waals surface area contributed by atoms with E-state index < -0.39 is 0 Å². The Hall–Kier alpha value is -1.03. The maximum absolute atomic E-state index is 5.56. The second kappa shape index (κ2) is 6.45. The van der Waals surface area contributed by atoms with E-state index in [9.17, 15) is 0 Å². The Labute approximate surface area is 91.9 Å². The lowest BCUT2D eigenvalue weighted by Gasteiger charge is -2.15. The number of nitrogens with zero attached hydrogens (tertiary/aromatic N) is 2. The first-order valence-corrected chi connectivity index (χ1v) is 5.76. The van der Waals surface area contributed by atoms with Crippen LogP contribution in [0.15, 0.2) is 12.4 Å². The average molecular weight is 210 g/mol. The maximum Gasteiger partial charge on any atom is 0.202 e. The van der Waals surface area contributed by atoms with E-state index in [0.717, 1.165) is 38.4 Å². The minimum atomic E-state index is 0.650. The highest BCUT2D eigenvalue weighted by molar-refractivity contribution is 5.25. The molecule has 0 aromatic carbocycles. The van der Waals surface area contributed by atoms with Crippen LogP contribution < -0.4 is 11.1 Å². The van der Waals surface area contributed by atoms with Gasteiger partial charge in [-0.05, 0) is 25.8 Å². The molecular weight excluding hydrogens is 188 g/mol. The predicted molar refractivity (Wildman–Crippen MR) is 63.8 cm³/mol. The van der Waals surface area contributed by atoms with E-state index in [1.54, 1.807) is 0 Å². The lowest BCUT2D eigenvalue weighted by molar-refractivity contribution is 0.499. The summed E-state index contributed by atoms with van der Waals surface area (Å²) in [5.74, 6) is 1.62. The molecule has 0 amide bonds. The minimum Gasteiger partial charge on any atom is -0.355 e. The second-order valence-electron chi connectivity index (χ2n) is 3.77. The van der Waals surface area contributed by atoms with Gasteiger partial charge >= 0.3 is 0 Å². The Morgan fingerprint density at radius 1 is 1.53 bits per heavy atom. The van der Waals surface area contributed by atoms with Crippen molar-refractivity contribution >= 4 is 5.95 Å². The molecule has 15 heavy (non-hydrogen) atoms. The lowest BCUT2D eigenvalue weighted by atomic mass is 10.0. The molecule has 0 saturated carbocycles. The van der Waals surface area contributed by atoms with Crippen molar-refractivity contribution in [3.05, 3.63) is 12.4 Å². The number of aromatic nitrogens is 2. The van der Waals surface area contributed by atoms with Crippen molar-refractivity contribution in [2.24, 2.45) is 11.7 Å². The van der Waals surface area contributed by atoms with Crippen LogP contribution in [0.4, 0.5) is 5.95 Å². The molecule has 1 atom stereocenters. The topological polar surface area (TPSA) is 55.9 Å². The summed E-state index contributed by atoms with van der Waals surface area (Å²) in [5.41, 5.74) is 5.56. The molecule has 1 heterocycles. The summed E-state index contributed by atoms with van der Waals surface area (Å²) >= 11 is 0. The van der Waals surface area contributed by atoms with Crippen molar-refractivity contribution in [1.82, 2.24) is 9.55 Å². The number of nitrogens with two attached hydrogens (primary N) is 1. The van der Waals surface area contributed by atoms with Crippen LogP contribution in [0, 0.1) is 5.92 Å². The minimum absolute atomic E-state index is 0.650. The summed E-state index contributed by atoms with van der Waals surface area (Å²) in [4.78, 5) is 4.27.